The molecule has 0 atom stereocenters. The van der Waals surface area contributed by atoms with Crippen molar-refractivity contribution in [3.8, 4) is 5.75 Å². The van der Waals surface area contributed by atoms with E-state index in [2.05, 4.69) is 10.2 Å². The average Bonchev–Trinajstić information content (AvgIpc) is 2.59. The fourth-order valence-corrected chi connectivity index (χ4v) is 1.50. The first-order valence-electron chi connectivity index (χ1n) is 4.55. The Morgan fingerprint density at radius 3 is 3.00 bits per heavy atom. The Morgan fingerprint density at radius 2 is 2.27 bits per heavy atom. The lowest BCUT2D eigenvalue weighted by molar-refractivity contribution is -0.136. The second-order valence-corrected chi connectivity index (χ2v) is 3.27. The maximum absolute atomic E-state index is 10.4. The molecule has 0 saturated carbocycles. The quantitative estimate of drug-likeness (QED) is 0.706. The van der Waals surface area contributed by atoms with Crippen LogP contribution < -0.4 is 0 Å². The van der Waals surface area contributed by atoms with Crippen LogP contribution in [0.5, 0.6) is 5.75 Å². The number of fused-ring (bicyclic) bond motifs is 1. The molecule has 2 aromatic rings. The molecule has 0 aliphatic rings. The first-order valence-corrected chi connectivity index (χ1v) is 4.55. The zero-order valence-corrected chi connectivity index (χ0v) is 7.90. The molecular weight excluding hydrogens is 196 g/mol. The number of hydrogen-bond acceptors (Lipinski definition) is 3. The number of rotatable bonds is 3. The predicted molar refractivity (Wildman–Crippen MR) is 53.7 cm³/mol. The summed E-state index contributed by atoms with van der Waals surface area (Å²) in [4.78, 5) is 10.4. The molecule has 5 heteroatoms. The van der Waals surface area contributed by atoms with Crippen LogP contribution in [0.1, 0.15) is 12.1 Å². The van der Waals surface area contributed by atoms with E-state index in [1.165, 1.54) is 0 Å². The van der Waals surface area contributed by atoms with Crippen LogP contribution in [0.15, 0.2) is 18.2 Å². The van der Waals surface area contributed by atoms with E-state index in [4.69, 9.17) is 5.11 Å². The molecule has 0 fully saturated rings. The molecule has 5 nitrogen and oxygen atoms in total. The molecule has 0 aliphatic carbocycles. The number of aryl methyl sites for hydroxylation is 1. The summed E-state index contributed by atoms with van der Waals surface area (Å²) in [6.07, 6.45) is 0.433. The van der Waals surface area contributed by atoms with Crippen LogP contribution in [0.4, 0.5) is 0 Å². The number of aliphatic carboxylic acids is 1. The third-order valence-electron chi connectivity index (χ3n) is 2.23. The molecule has 0 unspecified atom stereocenters. The first-order chi connectivity index (χ1) is 7.18. The van der Waals surface area contributed by atoms with Crippen molar-refractivity contribution in [2.45, 2.75) is 12.8 Å². The molecule has 1 aromatic carbocycles. The average molecular weight is 206 g/mol. The van der Waals surface area contributed by atoms with E-state index in [1.54, 1.807) is 18.2 Å². The maximum Gasteiger partial charge on any atom is 0.303 e. The minimum absolute atomic E-state index is 0.0486. The fraction of sp³-hybridized carbons (Fsp3) is 0.200. The lowest BCUT2D eigenvalue weighted by atomic mass is 10.1. The Balaban J connectivity index is 2.37. The van der Waals surface area contributed by atoms with Crippen LogP contribution in [0.25, 0.3) is 10.9 Å². The van der Waals surface area contributed by atoms with Gasteiger partial charge in [-0.3, -0.25) is 9.89 Å². The highest BCUT2D eigenvalue weighted by atomic mass is 16.4. The molecular formula is C10H10N2O3. The van der Waals surface area contributed by atoms with Gasteiger partial charge in [0.1, 0.15) is 11.3 Å². The Bertz CT molecular complexity index is 504. The number of nitrogens with one attached hydrogen (secondary N) is 1. The summed E-state index contributed by atoms with van der Waals surface area (Å²) < 4.78 is 0. The zero-order valence-electron chi connectivity index (χ0n) is 7.90. The minimum Gasteiger partial charge on any atom is -0.506 e. The molecule has 0 amide bonds. The summed E-state index contributed by atoms with van der Waals surface area (Å²) in [5.41, 5.74) is 1.22. The number of benzene rings is 1. The predicted octanol–water partition coefficient (Wildman–Crippen LogP) is 1.29. The van der Waals surface area contributed by atoms with Crippen LogP contribution >= 0.6 is 0 Å². The maximum atomic E-state index is 10.4. The van der Waals surface area contributed by atoms with Crippen molar-refractivity contribution >= 4 is 16.9 Å². The van der Waals surface area contributed by atoms with Gasteiger partial charge in [-0.25, -0.2) is 0 Å². The summed E-state index contributed by atoms with van der Waals surface area (Å²) in [5.74, 6) is -0.747. The van der Waals surface area contributed by atoms with E-state index < -0.39 is 5.97 Å². The van der Waals surface area contributed by atoms with Crippen molar-refractivity contribution in [2.75, 3.05) is 0 Å². The van der Waals surface area contributed by atoms with Gasteiger partial charge in [-0.15, -0.1) is 0 Å². The minimum atomic E-state index is -0.849. The van der Waals surface area contributed by atoms with E-state index in [9.17, 15) is 9.90 Å². The van der Waals surface area contributed by atoms with Crippen molar-refractivity contribution in [1.29, 1.82) is 0 Å². The molecule has 0 aliphatic heterocycles. The smallest absolute Gasteiger partial charge is 0.303 e. The molecule has 0 spiro atoms. The molecule has 2 rings (SSSR count). The van der Waals surface area contributed by atoms with Crippen molar-refractivity contribution in [3.63, 3.8) is 0 Å². The molecule has 0 saturated heterocycles. The van der Waals surface area contributed by atoms with Gasteiger partial charge in [-0.1, -0.05) is 12.1 Å². The number of aromatic nitrogens is 2. The van der Waals surface area contributed by atoms with Gasteiger partial charge in [0.2, 0.25) is 0 Å². The molecule has 0 bridgehead atoms. The van der Waals surface area contributed by atoms with Crippen LogP contribution in [0.3, 0.4) is 0 Å². The molecule has 3 N–H and O–H groups in total. The van der Waals surface area contributed by atoms with Gasteiger partial charge >= 0.3 is 5.97 Å². The van der Waals surface area contributed by atoms with Crippen molar-refractivity contribution in [1.82, 2.24) is 10.2 Å². The van der Waals surface area contributed by atoms with Gasteiger partial charge in [0.25, 0.3) is 0 Å². The number of H-pyrrole nitrogens is 1. The van der Waals surface area contributed by atoms with Crippen LogP contribution in [-0.2, 0) is 11.2 Å². The number of para-hydroxylation sites is 1. The van der Waals surface area contributed by atoms with Crippen LogP contribution in [0.2, 0.25) is 0 Å². The zero-order chi connectivity index (χ0) is 10.8. The fourth-order valence-electron chi connectivity index (χ4n) is 1.50. The summed E-state index contributed by atoms with van der Waals surface area (Å²) in [6, 6.07) is 5.05. The SMILES string of the molecule is O=C(O)CCc1[nH]nc2c(O)cccc12. The number of carboxylic acid groups (broad SMARTS) is 1. The van der Waals surface area contributed by atoms with E-state index in [0.717, 1.165) is 11.1 Å². The van der Waals surface area contributed by atoms with E-state index in [0.29, 0.717) is 11.9 Å². The lowest BCUT2D eigenvalue weighted by Crippen LogP contribution is -1.97. The Kier molecular flexibility index (Phi) is 2.29. The molecule has 78 valence electrons. The molecule has 1 heterocycles. The van der Waals surface area contributed by atoms with Gasteiger partial charge in [0.15, 0.2) is 0 Å². The highest BCUT2D eigenvalue weighted by molar-refractivity contribution is 5.86. The second-order valence-electron chi connectivity index (χ2n) is 3.27. The monoisotopic (exact) mass is 206 g/mol. The van der Waals surface area contributed by atoms with Crippen molar-refractivity contribution in [2.24, 2.45) is 0 Å². The summed E-state index contributed by atoms with van der Waals surface area (Å²) in [5, 5.41) is 25.5. The summed E-state index contributed by atoms with van der Waals surface area (Å²) >= 11 is 0. The highest BCUT2D eigenvalue weighted by Crippen LogP contribution is 2.24. The van der Waals surface area contributed by atoms with Crippen molar-refractivity contribution in [3.05, 3.63) is 23.9 Å². The van der Waals surface area contributed by atoms with E-state index in [1.807, 2.05) is 0 Å². The number of carboxylic acids is 1. The number of nitrogens with zero attached hydrogens (tertiary/aromatic N) is 1. The van der Waals surface area contributed by atoms with Crippen LogP contribution in [0, 0.1) is 0 Å². The molecule has 15 heavy (non-hydrogen) atoms. The number of aromatic amines is 1. The van der Waals surface area contributed by atoms with Gasteiger partial charge in [-0.05, 0) is 6.07 Å². The number of phenolic OH excluding ortho intramolecular Hbond substituents is 1. The van der Waals surface area contributed by atoms with Gasteiger partial charge in [0.05, 0.1) is 6.42 Å². The Labute approximate surface area is 85.4 Å². The number of phenols is 1. The Hall–Kier alpha value is -2.04. The first kappa shape index (κ1) is 9.51. The lowest BCUT2D eigenvalue weighted by Gasteiger charge is -1.95. The topological polar surface area (TPSA) is 86.2 Å². The van der Waals surface area contributed by atoms with Crippen molar-refractivity contribution < 1.29 is 15.0 Å². The molecule has 1 aromatic heterocycles. The van der Waals surface area contributed by atoms with Gasteiger partial charge < -0.3 is 10.2 Å². The largest absolute Gasteiger partial charge is 0.506 e. The molecule has 0 radical (unpaired) electrons. The van der Waals surface area contributed by atoms with Gasteiger partial charge in [-0.2, -0.15) is 5.10 Å². The van der Waals surface area contributed by atoms with E-state index in [-0.39, 0.29) is 12.2 Å². The van der Waals surface area contributed by atoms with Crippen LogP contribution in [-0.4, -0.2) is 26.4 Å². The number of aromatic hydroxyl groups is 1. The van der Waals surface area contributed by atoms with Gasteiger partial charge in [0, 0.05) is 17.5 Å². The highest BCUT2D eigenvalue weighted by Gasteiger charge is 2.09. The second kappa shape index (κ2) is 3.61. The number of hydrogen-bond donors (Lipinski definition) is 3. The normalized spacial score (nSPS) is 10.7. The number of carbonyl (C=O) groups is 1. The third-order valence-corrected chi connectivity index (χ3v) is 2.23. The summed E-state index contributed by atoms with van der Waals surface area (Å²) in [7, 11) is 0. The Morgan fingerprint density at radius 1 is 1.47 bits per heavy atom. The summed E-state index contributed by atoms with van der Waals surface area (Å²) in [6.45, 7) is 0. The third kappa shape index (κ3) is 1.76. The van der Waals surface area contributed by atoms with E-state index >= 15 is 0 Å². The standard InChI is InChI=1S/C10H10N2O3/c13-8-3-1-2-6-7(4-5-9(14)15)11-12-10(6)8/h1-3,13H,4-5H2,(H,11,12)(H,14,15).